The number of Topliss-reactive ketones (excluding diaryl/α,β-unsaturated/α-hetero) is 1. The summed E-state index contributed by atoms with van der Waals surface area (Å²) >= 11 is 6.17. The number of hydrogen-bond acceptors (Lipinski definition) is 6. The number of ketones is 1. The lowest BCUT2D eigenvalue weighted by atomic mass is 9.95. The van der Waals surface area contributed by atoms with Crippen LogP contribution in [-0.4, -0.2) is 28.6 Å². The topological polar surface area (TPSA) is 92.9 Å². The summed E-state index contributed by atoms with van der Waals surface area (Å²) < 4.78 is 10.5. The molecule has 0 saturated carbocycles. The smallest absolute Gasteiger partial charge is 0.301 e. The molecule has 1 amide bonds. The van der Waals surface area contributed by atoms with Crippen molar-refractivity contribution in [2.24, 2.45) is 0 Å². The van der Waals surface area contributed by atoms with Gasteiger partial charge in [0.2, 0.25) is 0 Å². The first-order chi connectivity index (χ1) is 14.9. The van der Waals surface area contributed by atoms with Crippen molar-refractivity contribution < 1.29 is 24.0 Å². The third kappa shape index (κ3) is 3.80. The minimum Gasteiger partial charge on any atom is -0.507 e. The molecule has 1 N–H and O–H groups in total. The van der Waals surface area contributed by atoms with Crippen LogP contribution in [0.2, 0.25) is 5.02 Å². The molecule has 0 bridgehead atoms. The lowest BCUT2D eigenvalue weighted by Crippen LogP contribution is -2.29. The maximum atomic E-state index is 13.0. The molecule has 0 radical (unpaired) electrons. The molecule has 1 aliphatic rings. The number of carbonyl (C=O) groups is 2. The van der Waals surface area contributed by atoms with Gasteiger partial charge in [-0.25, -0.2) is 0 Å². The van der Waals surface area contributed by atoms with Gasteiger partial charge in [0.15, 0.2) is 5.82 Å². The lowest BCUT2D eigenvalue weighted by molar-refractivity contribution is -0.132. The van der Waals surface area contributed by atoms with E-state index in [0.717, 1.165) is 0 Å². The van der Waals surface area contributed by atoms with Crippen LogP contribution < -0.4 is 9.64 Å². The Hall–Kier alpha value is -3.58. The highest BCUT2D eigenvalue weighted by Crippen LogP contribution is 2.42. The Bertz CT molecular complexity index is 1180. The Balaban J connectivity index is 1.89. The number of aryl methyl sites for hydroxylation is 1. The standard InChI is InChI=1S/C23H19ClN2O5/c1-3-30-17-9-7-14(8-10-17)21(27)19-20(15-5-4-6-16(24)12-15)26(23(29)22(19)28)18-11-13(2)31-25-18/h4-12,20,27H,3H2,1-2H3/t20-/m0/s1. The number of rotatable bonds is 5. The van der Waals surface area contributed by atoms with Gasteiger partial charge in [0.05, 0.1) is 18.2 Å². The van der Waals surface area contributed by atoms with Crippen LogP contribution in [0.5, 0.6) is 5.75 Å². The molecule has 4 rings (SSSR count). The fourth-order valence-corrected chi connectivity index (χ4v) is 3.76. The first-order valence-electron chi connectivity index (χ1n) is 9.63. The number of carbonyl (C=O) groups excluding carboxylic acids is 2. The number of nitrogens with zero attached hydrogens (tertiary/aromatic N) is 2. The molecule has 1 saturated heterocycles. The average Bonchev–Trinajstić information content (AvgIpc) is 3.29. The van der Waals surface area contributed by atoms with E-state index in [4.69, 9.17) is 20.9 Å². The van der Waals surface area contributed by atoms with Gasteiger partial charge in [-0.05, 0) is 55.8 Å². The van der Waals surface area contributed by atoms with Gasteiger partial charge in [-0.2, -0.15) is 0 Å². The van der Waals surface area contributed by atoms with Crippen molar-refractivity contribution in [3.8, 4) is 5.75 Å². The SMILES string of the molecule is CCOc1ccc(C(O)=C2C(=O)C(=O)N(c3cc(C)on3)[C@H]2c2cccc(Cl)c2)cc1. The zero-order valence-electron chi connectivity index (χ0n) is 16.8. The number of amides is 1. The zero-order valence-corrected chi connectivity index (χ0v) is 17.6. The van der Waals surface area contributed by atoms with E-state index in [1.807, 2.05) is 6.92 Å². The van der Waals surface area contributed by atoms with Crippen LogP contribution >= 0.6 is 11.6 Å². The molecule has 31 heavy (non-hydrogen) atoms. The van der Waals surface area contributed by atoms with Crippen LogP contribution in [0.15, 0.2) is 64.7 Å². The molecule has 2 aromatic carbocycles. The second-order valence-corrected chi connectivity index (χ2v) is 7.41. The van der Waals surface area contributed by atoms with Crippen molar-refractivity contribution in [1.82, 2.24) is 5.16 Å². The summed E-state index contributed by atoms with van der Waals surface area (Å²) in [5.41, 5.74) is 0.877. The summed E-state index contributed by atoms with van der Waals surface area (Å²) in [5, 5.41) is 15.4. The van der Waals surface area contributed by atoms with Gasteiger partial charge < -0.3 is 14.4 Å². The maximum Gasteiger partial charge on any atom is 0.301 e. The van der Waals surface area contributed by atoms with E-state index >= 15 is 0 Å². The van der Waals surface area contributed by atoms with Crippen LogP contribution in [0.3, 0.4) is 0 Å². The van der Waals surface area contributed by atoms with E-state index in [1.54, 1.807) is 61.5 Å². The Morgan fingerprint density at radius 1 is 1.19 bits per heavy atom. The molecule has 0 aliphatic carbocycles. The molecule has 1 aliphatic heterocycles. The lowest BCUT2D eigenvalue weighted by Gasteiger charge is -2.23. The second-order valence-electron chi connectivity index (χ2n) is 6.98. The number of aliphatic hydroxyl groups is 1. The fourth-order valence-electron chi connectivity index (χ4n) is 3.56. The maximum absolute atomic E-state index is 13.0. The predicted molar refractivity (Wildman–Crippen MR) is 115 cm³/mol. The van der Waals surface area contributed by atoms with Crippen molar-refractivity contribution in [3.63, 3.8) is 0 Å². The Labute approximate surface area is 183 Å². The number of ether oxygens (including phenoxy) is 1. The summed E-state index contributed by atoms with van der Waals surface area (Å²) in [4.78, 5) is 27.2. The third-order valence-electron chi connectivity index (χ3n) is 4.91. The third-order valence-corrected chi connectivity index (χ3v) is 5.15. The molecule has 0 spiro atoms. The highest BCUT2D eigenvalue weighted by molar-refractivity contribution is 6.51. The van der Waals surface area contributed by atoms with Crippen molar-refractivity contribution in [2.75, 3.05) is 11.5 Å². The quantitative estimate of drug-likeness (QED) is 0.354. The monoisotopic (exact) mass is 438 g/mol. The first-order valence-corrected chi connectivity index (χ1v) is 10.0. The first kappa shape index (κ1) is 20.7. The zero-order chi connectivity index (χ0) is 22.1. The Morgan fingerprint density at radius 2 is 1.94 bits per heavy atom. The predicted octanol–water partition coefficient (Wildman–Crippen LogP) is 4.66. The molecule has 0 unspecified atom stereocenters. The van der Waals surface area contributed by atoms with Crippen LogP contribution in [0.4, 0.5) is 5.82 Å². The van der Waals surface area contributed by atoms with E-state index in [9.17, 15) is 14.7 Å². The molecule has 3 aromatic rings. The number of aromatic nitrogens is 1. The molecule has 1 fully saturated rings. The molecule has 2 heterocycles. The van der Waals surface area contributed by atoms with Crippen LogP contribution in [0.1, 0.15) is 29.9 Å². The molecule has 7 nitrogen and oxygen atoms in total. The number of hydrogen-bond donors (Lipinski definition) is 1. The van der Waals surface area contributed by atoms with Gasteiger partial charge >= 0.3 is 5.91 Å². The molecule has 1 aromatic heterocycles. The van der Waals surface area contributed by atoms with Gasteiger partial charge in [-0.3, -0.25) is 14.5 Å². The summed E-state index contributed by atoms with van der Waals surface area (Å²) in [6.45, 7) is 4.05. The highest BCUT2D eigenvalue weighted by Gasteiger charge is 2.48. The van der Waals surface area contributed by atoms with E-state index in [2.05, 4.69) is 5.16 Å². The summed E-state index contributed by atoms with van der Waals surface area (Å²) in [7, 11) is 0. The van der Waals surface area contributed by atoms with Crippen molar-refractivity contribution in [2.45, 2.75) is 19.9 Å². The summed E-state index contributed by atoms with van der Waals surface area (Å²) in [5.74, 6) is -0.649. The van der Waals surface area contributed by atoms with Gasteiger partial charge in [0.1, 0.15) is 17.3 Å². The average molecular weight is 439 g/mol. The molecular formula is C23H19ClN2O5. The van der Waals surface area contributed by atoms with Gasteiger partial charge in [0.25, 0.3) is 5.78 Å². The highest BCUT2D eigenvalue weighted by atomic mass is 35.5. The number of benzene rings is 2. The number of anilines is 1. The van der Waals surface area contributed by atoms with Gasteiger partial charge in [0, 0.05) is 16.7 Å². The van der Waals surface area contributed by atoms with Crippen molar-refractivity contribution in [3.05, 3.63) is 82.1 Å². The van der Waals surface area contributed by atoms with Gasteiger partial charge in [-0.1, -0.05) is 28.9 Å². The second kappa shape index (κ2) is 8.28. The van der Waals surface area contributed by atoms with Gasteiger partial charge in [-0.15, -0.1) is 0 Å². The van der Waals surface area contributed by atoms with Crippen LogP contribution in [0, 0.1) is 6.92 Å². The largest absolute Gasteiger partial charge is 0.507 e. The van der Waals surface area contributed by atoms with E-state index < -0.39 is 17.7 Å². The van der Waals surface area contributed by atoms with E-state index in [0.29, 0.717) is 34.3 Å². The molecular weight excluding hydrogens is 420 g/mol. The number of aliphatic hydroxyl groups excluding tert-OH is 1. The van der Waals surface area contributed by atoms with Crippen LogP contribution in [0.25, 0.3) is 5.76 Å². The molecule has 158 valence electrons. The fraction of sp³-hybridized carbons (Fsp3) is 0.174. The molecule has 8 heteroatoms. The van der Waals surface area contributed by atoms with Crippen molar-refractivity contribution >= 4 is 34.9 Å². The minimum absolute atomic E-state index is 0.0583. The normalized spacial score (nSPS) is 17.9. The van der Waals surface area contributed by atoms with Crippen LogP contribution in [-0.2, 0) is 9.59 Å². The Kier molecular flexibility index (Phi) is 5.52. The molecule has 1 atom stereocenters. The minimum atomic E-state index is -0.922. The van der Waals surface area contributed by atoms with Crippen molar-refractivity contribution in [1.29, 1.82) is 0 Å². The van der Waals surface area contributed by atoms with E-state index in [1.165, 1.54) is 4.90 Å². The van der Waals surface area contributed by atoms with E-state index in [-0.39, 0.29) is 17.2 Å². The summed E-state index contributed by atoms with van der Waals surface area (Å²) in [6.07, 6.45) is 0. The number of halogens is 1. The Morgan fingerprint density at radius 3 is 2.55 bits per heavy atom. The summed E-state index contributed by atoms with van der Waals surface area (Å²) in [6, 6.07) is 14.0.